The molecule has 0 bridgehead atoms. The van der Waals surface area contributed by atoms with E-state index in [9.17, 15) is 5.11 Å². The number of ether oxygens (including phenoxy) is 2. The average Bonchev–Trinajstić information content (AvgIpc) is 2.79. The largest absolute Gasteiger partial charge is 0.495 e. The van der Waals surface area contributed by atoms with E-state index in [0.717, 1.165) is 17.9 Å². The second-order valence-electron chi connectivity index (χ2n) is 4.07. The van der Waals surface area contributed by atoms with Crippen molar-refractivity contribution in [1.82, 2.24) is 0 Å². The summed E-state index contributed by atoms with van der Waals surface area (Å²) in [4.78, 5) is 0. The van der Waals surface area contributed by atoms with E-state index in [2.05, 4.69) is 5.32 Å². The van der Waals surface area contributed by atoms with Crippen LogP contribution in [-0.4, -0.2) is 37.6 Å². The summed E-state index contributed by atoms with van der Waals surface area (Å²) >= 11 is 0. The lowest BCUT2D eigenvalue weighted by molar-refractivity contribution is 0.152. The second-order valence-corrected chi connectivity index (χ2v) is 4.07. The molecule has 4 heteroatoms. The molecule has 0 saturated carbocycles. The third-order valence-electron chi connectivity index (χ3n) is 2.91. The van der Waals surface area contributed by atoms with Crippen LogP contribution in [0, 0.1) is 0 Å². The van der Waals surface area contributed by atoms with Gasteiger partial charge in [0, 0.05) is 6.61 Å². The van der Waals surface area contributed by atoms with Crippen molar-refractivity contribution < 1.29 is 14.6 Å². The zero-order valence-electron chi connectivity index (χ0n) is 9.40. The molecule has 1 aromatic rings. The van der Waals surface area contributed by atoms with Crippen molar-refractivity contribution in [1.29, 1.82) is 0 Å². The Balaban J connectivity index is 2.18. The predicted molar refractivity (Wildman–Crippen MR) is 61.9 cm³/mol. The fraction of sp³-hybridized carbons (Fsp3) is 0.500. The molecule has 1 unspecified atom stereocenters. The number of aliphatic hydroxyl groups is 1. The van der Waals surface area contributed by atoms with Crippen LogP contribution < -0.4 is 10.1 Å². The molecule has 88 valence electrons. The van der Waals surface area contributed by atoms with E-state index >= 15 is 0 Å². The first-order chi connectivity index (χ1) is 7.79. The number of aliphatic hydroxyl groups excluding tert-OH is 1. The molecule has 1 atom stereocenters. The van der Waals surface area contributed by atoms with Crippen LogP contribution in [0.5, 0.6) is 5.75 Å². The average molecular weight is 223 g/mol. The van der Waals surface area contributed by atoms with Crippen LogP contribution >= 0.6 is 0 Å². The number of rotatable bonds is 4. The van der Waals surface area contributed by atoms with Gasteiger partial charge in [0.1, 0.15) is 5.75 Å². The Labute approximate surface area is 95.2 Å². The van der Waals surface area contributed by atoms with Gasteiger partial charge in [-0.1, -0.05) is 12.1 Å². The predicted octanol–water partition coefficient (Wildman–Crippen LogP) is 1.26. The van der Waals surface area contributed by atoms with Crippen molar-refractivity contribution >= 4 is 5.69 Å². The number of nitrogens with one attached hydrogen (secondary N) is 1. The smallest absolute Gasteiger partial charge is 0.141 e. The first-order valence-electron chi connectivity index (χ1n) is 5.39. The van der Waals surface area contributed by atoms with Crippen LogP contribution in [0.1, 0.15) is 6.42 Å². The third kappa shape index (κ3) is 2.13. The minimum Gasteiger partial charge on any atom is -0.495 e. The van der Waals surface area contributed by atoms with E-state index in [1.54, 1.807) is 7.11 Å². The van der Waals surface area contributed by atoms with Crippen LogP contribution in [-0.2, 0) is 4.74 Å². The summed E-state index contributed by atoms with van der Waals surface area (Å²) in [6.07, 6.45) is 0.807. The zero-order chi connectivity index (χ0) is 11.4. The van der Waals surface area contributed by atoms with Gasteiger partial charge >= 0.3 is 0 Å². The highest BCUT2D eigenvalue weighted by Gasteiger charge is 2.34. The lowest BCUT2D eigenvalue weighted by Crippen LogP contribution is -2.42. The lowest BCUT2D eigenvalue weighted by atomic mass is 9.99. The number of para-hydroxylation sites is 2. The number of benzene rings is 1. The summed E-state index contributed by atoms with van der Waals surface area (Å²) in [5.41, 5.74) is 0.527. The fourth-order valence-corrected chi connectivity index (χ4v) is 1.90. The summed E-state index contributed by atoms with van der Waals surface area (Å²) in [7, 11) is 1.64. The van der Waals surface area contributed by atoms with E-state index in [0.29, 0.717) is 13.2 Å². The maximum absolute atomic E-state index is 9.46. The Hall–Kier alpha value is -1.26. The normalized spacial score (nSPS) is 24.4. The van der Waals surface area contributed by atoms with Crippen LogP contribution in [0.15, 0.2) is 24.3 Å². The molecule has 0 aromatic heterocycles. The zero-order valence-corrected chi connectivity index (χ0v) is 9.40. The molecule has 1 aliphatic heterocycles. The lowest BCUT2D eigenvalue weighted by Gasteiger charge is -2.28. The molecule has 0 spiro atoms. The van der Waals surface area contributed by atoms with Crippen molar-refractivity contribution in [3.8, 4) is 5.75 Å². The van der Waals surface area contributed by atoms with Crippen LogP contribution in [0.4, 0.5) is 5.69 Å². The van der Waals surface area contributed by atoms with E-state index in [1.807, 2.05) is 24.3 Å². The van der Waals surface area contributed by atoms with Crippen LogP contribution in [0.25, 0.3) is 0 Å². The summed E-state index contributed by atoms with van der Waals surface area (Å²) in [5.74, 6) is 0.780. The van der Waals surface area contributed by atoms with E-state index in [4.69, 9.17) is 9.47 Å². The van der Waals surface area contributed by atoms with Crippen molar-refractivity contribution in [2.75, 3.05) is 32.2 Å². The van der Waals surface area contributed by atoms with Gasteiger partial charge < -0.3 is 19.9 Å². The monoisotopic (exact) mass is 223 g/mol. The first kappa shape index (κ1) is 11.2. The van der Waals surface area contributed by atoms with Gasteiger partial charge in [-0.2, -0.15) is 0 Å². The van der Waals surface area contributed by atoms with Crippen molar-refractivity contribution in [3.05, 3.63) is 24.3 Å². The van der Waals surface area contributed by atoms with Gasteiger partial charge in [-0.25, -0.2) is 0 Å². The number of methoxy groups -OCH3 is 1. The van der Waals surface area contributed by atoms with Gasteiger partial charge in [-0.3, -0.25) is 0 Å². The molecule has 1 fully saturated rings. The van der Waals surface area contributed by atoms with Gasteiger partial charge in [0.15, 0.2) is 0 Å². The molecule has 2 rings (SSSR count). The highest BCUT2D eigenvalue weighted by atomic mass is 16.5. The molecular weight excluding hydrogens is 206 g/mol. The standard InChI is InChI=1S/C12H17NO3/c1-15-11-5-3-2-4-10(11)13-12(8-14)6-7-16-9-12/h2-5,13-14H,6-9H2,1H3. The minimum atomic E-state index is -0.366. The highest BCUT2D eigenvalue weighted by molar-refractivity contribution is 5.57. The van der Waals surface area contributed by atoms with E-state index in [1.165, 1.54) is 0 Å². The van der Waals surface area contributed by atoms with E-state index in [-0.39, 0.29) is 12.1 Å². The third-order valence-corrected chi connectivity index (χ3v) is 2.91. The van der Waals surface area contributed by atoms with Gasteiger partial charge in [-0.05, 0) is 18.6 Å². The molecule has 1 aliphatic rings. The Morgan fingerprint density at radius 3 is 2.94 bits per heavy atom. The van der Waals surface area contributed by atoms with Crippen molar-refractivity contribution in [2.24, 2.45) is 0 Å². The first-order valence-corrected chi connectivity index (χ1v) is 5.39. The number of anilines is 1. The fourth-order valence-electron chi connectivity index (χ4n) is 1.90. The molecule has 1 saturated heterocycles. The van der Waals surface area contributed by atoms with Gasteiger partial charge in [-0.15, -0.1) is 0 Å². The quantitative estimate of drug-likeness (QED) is 0.806. The maximum Gasteiger partial charge on any atom is 0.141 e. The SMILES string of the molecule is COc1ccccc1NC1(CO)CCOC1. The van der Waals surface area contributed by atoms with Crippen LogP contribution in [0.2, 0.25) is 0 Å². The molecule has 0 amide bonds. The minimum absolute atomic E-state index is 0.0606. The van der Waals surface area contributed by atoms with E-state index < -0.39 is 0 Å². The van der Waals surface area contributed by atoms with Crippen molar-refractivity contribution in [2.45, 2.75) is 12.0 Å². The summed E-state index contributed by atoms with van der Waals surface area (Å²) in [6, 6.07) is 7.68. The van der Waals surface area contributed by atoms with Gasteiger partial charge in [0.05, 0.1) is 31.5 Å². The Morgan fingerprint density at radius 1 is 1.50 bits per heavy atom. The number of hydrogen-bond acceptors (Lipinski definition) is 4. The Morgan fingerprint density at radius 2 is 2.31 bits per heavy atom. The maximum atomic E-state index is 9.46. The Kier molecular flexibility index (Phi) is 3.31. The molecule has 1 aromatic carbocycles. The molecule has 2 N–H and O–H groups in total. The van der Waals surface area contributed by atoms with Crippen LogP contribution in [0.3, 0.4) is 0 Å². The topological polar surface area (TPSA) is 50.7 Å². The highest BCUT2D eigenvalue weighted by Crippen LogP contribution is 2.30. The molecule has 4 nitrogen and oxygen atoms in total. The summed E-state index contributed by atoms with van der Waals surface area (Å²) in [6.45, 7) is 1.27. The number of hydrogen-bond donors (Lipinski definition) is 2. The van der Waals surface area contributed by atoms with Gasteiger partial charge in [0.25, 0.3) is 0 Å². The molecular formula is C12H17NO3. The second kappa shape index (κ2) is 4.72. The van der Waals surface area contributed by atoms with Gasteiger partial charge in [0.2, 0.25) is 0 Å². The Bertz CT molecular complexity index is 348. The molecule has 0 aliphatic carbocycles. The summed E-state index contributed by atoms with van der Waals surface area (Å²) < 4.78 is 10.6. The molecule has 0 radical (unpaired) electrons. The van der Waals surface area contributed by atoms with Crippen molar-refractivity contribution in [3.63, 3.8) is 0 Å². The molecule has 1 heterocycles. The molecule has 16 heavy (non-hydrogen) atoms. The summed E-state index contributed by atoms with van der Waals surface area (Å²) in [5, 5.41) is 12.8.